The average molecular weight is 383 g/mol. The summed E-state index contributed by atoms with van der Waals surface area (Å²) in [6, 6.07) is 7.68. The number of carbonyl (C=O) groups is 2. The Morgan fingerprint density at radius 1 is 1.11 bits per heavy atom. The molecule has 0 spiro atoms. The summed E-state index contributed by atoms with van der Waals surface area (Å²) in [5.74, 6) is 0.419. The van der Waals surface area contributed by atoms with Crippen molar-refractivity contribution in [1.82, 2.24) is 4.57 Å². The fourth-order valence-electron chi connectivity index (χ4n) is 3.34. The molecule has 1 heterocycles. The second-order valence-electron chi connectivity index (χ2n) is 6.86. The highest BCUT2D eigenvalue weighted by molar-refractivity contribution is 6.00. The summed E-state index contributed by atoms with van der Waals surface area (Å²) in [7, 11) is 3.11. The van der Waals surface area contributed by atoms with Crippen molar-refractivity contribution in [2.45, 2.75) is 32.7 Å². The molecule has 148 valence electrons. The van der Waals surface area contributed by atoms with Gasteiger partial charge in [0.2, 0.25) is 5.78 Å². The summed E-state index contributed by atoms with van der Waals surface area (Å²) in [6.45, 7) is 3.67. The second kappa shape index (κ2) is 8.33. The monoisotopic (exact) mass is 383 g/mol. The smallest absolute Gasteiger partial charge is 0.331 e. The van der Waals surface area contributed by atoms with E-state index in [1.165, 1.54) is 6.08 Å². The molecular weight excluding hydrogens is 358 g/mol. The molecule has 3 rings (SSSR count). The van der Waals surface area contributed by atoms with Crippen molar-refractivity contribution in [3.63, 3.8) is 0 Å². The van der Waals surface area contributed by atoms with Crippen molar-refractivity contribution in [1.29, 1.82) is 0 Å². The fraction of sp³-hybridized carbons (Fsp3) is 0.364. The van der Waals surface area contributed by atoms with Crippen molar-refractivity contribution in [2.75, 3.05) is 20.8 Å². The van der Waals surface area contributed by atoms with Crippen molar-refractivity contribution in [3.05, 3.63) is 52.9 Å². The van der Waals surface area contributed by atoms with Gasteiger partial charge in [-0.1, -0.05) is 6.07 Å². The van der Waals surface area contributed by atoms with Crippen LogP contribution in [0.3, 0.4) is 0 Å². The maximum Gasteiger partial charge on any atom is 0.331 e. The largest absolute Gasteiger partial charge is 0.493 e. The maximum absolute atomic E-state index is 12.5. The molecule has 1 aromatic carbocycles. The van der Waals surface area contributed by atoms with Gasteiger partial charge >= 0.3 is 5.97 Å². The Bertz CT molecular complexity index is 921. The highest BCUT2D eigenvalue weighted by Gasteiger charge is 2.28. The van der Waals surface area contributed by atoms with E-state index in [0.29, 0.717) is 23.1 Å². The lowest BCUT2D eigenvalue weighted by molar-refractivity contribution is -0.136. The van der Waals surface area contributed by atoms with Crippen LogP contribution in [0.4, 0.5) is 0 Å². The molecule has 0 radical (unpaired) electrons. The molecule has 2 aromatic rings. The normalized spacial score (nSPS) is 13.6. The molecular formula is C22H25NO5. The van der Waals surface area contributed by atoms with E-state index in [9.17, 15) is 9.59 Å². The van der Waals surface area contributed by atoms with Crippen LogP contribution in [0.1, 0.15) is 46.2 Å². The van der Waals surface area contributed by atoms with E-state index in [-0.39, 0.29) is 12.4 Å². The molecule has 0 amide bonds. The van der Waals surface area contributed by atoms with Crippen molar-refractivity contribution in [3.8, 4) is 11.5 Å². The summed E-state index contributed by atoms with van der Waals surface area (Å²) in [4.78, 5) is 24.4. The Balaban J connectivity index is 1.59. The summed E-state index contributed by atoms with van der Waals surface area (Å²) in [5, 5.41) is 0. The fourth-order valence-corrected chi connectivity index (χ4v) is 3.34. The van der Waals surface area contributed by atoms with Gasteiger partial charge in [0.1, 0.15) is 0 Å². The molecule has 28 heavy (non-hydrogen) atoms. The van der Waals surface area contributed by atoms with Crippen LogP contribution in [0.5, 0.6) is 11.5 Å². The van der Waals surface area contributed by atoms with Crippen LogP contribution in [-0.4, -0.2) is 37.1 Å². The number of nitrogens with zero attached hydrogens (tertiary/aromatic N) is 1. The predicted molar refractivity (Wildman–Crippen MR) is 106 cm³/mol. The molecule has 0 aliphatic heterocycles. The van der Waals surface area contributed by atoms with Gasteiger partial charge < -0.3 is 18.8 Å². The number of ether oxygens (including phenoxy) is 3. The lowest BCUT2D eigenvalue weighted by Crippen LogP contribution is -2.13. The number of aryl methyl sites for hydroxylation is 1. The minimum Gasteiger partial charge on any atom is -0.493 e. The lowest BCUT2D eigenvalue weighted by Gasteiger charge is -2.08. The van der Waals surface area contributed by atoms with Crippen molar-refractivity contribution < 1.29 is 23.8 Å². The quantitative estimate of drug-likeness (QED) is 0.393. The van der Waals surface area contributed by atoms with Gasteiger partial charge in [0.15, 0.2) is 18.1 Å². The molecule has 0 unspecified atom stereocenters. The van der Waals surface area contributed by atoms with E-state index in [4.69, 9.17) is 14.2 Å². The number of methoxy groups -OCH3 is 2. The molecule has 1 aliphatic rings. The molecule has 0 bridgehead atoms. The average Bonchev–Trinajstić information content (AvgIpc) is 3.48. The first-order chi connectivity index (χ1) is 13.4. The third-order valence-corrected chi connectivity index (χ3v) is 4.86. The first kappa shape index (κ1) is 19.7. The predicted octanol–water partition coefficient (Wildman–Crippen LogP) is 3.90. The summed E-state index contributed by atoms with van der Waals surface area (Å²) in [6.07, 6.45) is 5.20. The van der Waals surface area contributed by atoms with E-state index in [0.717, 1.165) is 29.8 Å². The first-order valence-electron chi connectivity index (χ1n) is 9.23. The summed E-state index contributed by atoms with van der Waals surface area (Å²) >= 11 is 0. The van der Waals surface area contributed by atoms with Gasteiger partial charge in [-0.25, -0.2) is 4.79 Å². The molecule has 1 fully saturated rings. The van der Waals surface area contributed by atoms with Gasteiger partial charge in [0, 0.05) is 29.1 Å². The number of esters is 1. The number of Topliss-reactive ketones (excluding diaryl/α,β-unsaturated/α-hetero) is 1. The van der Waals surface area contributed by atoms with Crippen LogP contribution >= 0.6 is 0 Å². The Morgan fingerprint density at radius 3 is 2.46 bits per heavy atom. The van der Waals surface area contributed by atoms with Crippen LogP contribution in [-0.2, 0) is 9.53 Å². The number of aromatic nitrogens is 1. The Kier molecular flexibility index (Phi) is 5.87. The molecule has 0 saturated heterocycles. The van der Waals surface area contributed by atoms with Gasteiger partial charge in [-0.15, -0.1) is 0 Å². The van der Waals surface area contributed by atoms with Gasteiger partial charge in [0.25, 0.3) is 0 Å². The minimum absolute atomic E-state index is 0.187. The molecule has 6 heteroatoms. The van der Waals surface area contributed by atoms with Crippen LogP contribution in [0.25, 0.3) is 6.08 Å². The van der Waals surface area contributed by atoms with E-state index >= 15 is 0 Å². The van der Waals surface area contributed by atoms with Gasteiger partial charge in [0.05, 0.1) is 14.2 Å². The summed E-state index contributed by atoms with van der Waals surface area (Å²) < 4.78 is 17.7. The molecule has 1 aliphatic carbocycles. The van der Waals surface area contributed by atoms with Crippen LogP contribution in [0.2, 0.25) is 0 Å². The molecule has 0 atom stereocenters. The highest BCUT2D eigenvalue weighted by Crippen LogP contribution is 2.38. The van der Waals surface area contributed by atoms with E-state index < -0.39 is 5.97 Å². The molecule has 1 saturated carbocycles. The zero-order valence-corrected chi connectivity index (χ0v) is 16.7. The minimum atomic E-state index is -0.570. The van der Waals surface area contributed by atoms with E-state index in [1.54, 1.807) is 38.5 Å². The number of ketones is 1. The van der Waals surface area contributed by atoms with Crippen LogP contribution in [0.15, 0.2) is 30.3 Å². The zero-order chi connectivity index (χ0) is 20.3. The number of benzene rings is 1. The SMILES string of the molecule is COc1ccc(/C=C/C(=O)OCC(=O)c2cc(C)n(C3CC3)c2C)cc1OC. The summed E-state index contributed by atoms with van der Waals surface area (Å²) in [5.41, 5.74) is 3.40. The van der Waals surface area contributed by atoms with Gasteiger partial charge in [-0.2, -0.15) is 0 Å². The third-order valence-electron chi connectivity index (χ3n) is 4.86. The molecule has 1 aromatic heterocycles. The number of hydrogen-bond donors (Lipinski definition) is 0. The maximum atomic E-state index is 12.5. The molecule has 0 N–H and O–H groups in total. The third kappa shape index (κ3) is 4.27. The van der Waals surface area contributed by atoms with Gasteiger partial charge in [-0.3, -0.25) is 4.79 Å². The first-order valence-corrected chi connectivity index (χ1v) is 9.23. The van der Waals surface area contributed by atoms with Crippen LogP contribution < -0.4 is 9.47 Å². The van der Waals surface area contributed by atoms with Gasteiger partial charge in [-0.05, 0) is 56.5 Å². The van der Waals surface area contributed by atoms with Crippen LogP contribution in [0, 0.1) is 13.8 Å². The highest BCUT2D eigenvalue weighted by atomic mass is 16.5. The lowest BCUT2D eigenvalue weighted by atomic mass is 10.1. The number of hydrogen-bond acceptors (Lipinski definition) is 5. The topological polar surface area (TPSA) is 66.8 Å². The molecule has 6 nitrogen and oxygen atoms in total. The Hall–Kier alpha value is -3.02. The Morgan fingerprint density at radius 2 is 1.82 bits per heavy atom. The van der Waals surface area contributed by atoms with Crippen molar-refractivity contribution >= 4 is 17.8 Å². The van der Waals surface area contributed by atoms with Crippen molar-refractivity contribution in [2.24, 2.45) is 0 Å². The standard InChI is InChI=1S/C22H25NO5/c1-14-11-18(15(2)23(14)17-7-8-17)19(24)13-28-22(25)10-6-16-5-9-20(26-3)21(12-16)27-4/h5-6,9-12,17H,7-8,13H2,1-4H3/b10-6+. The number of rotatable bonds is 8. The second-order valence-corrected chi connectivity index (χ2v) is 6.86. The zero-order valence-electron chi connectivity index (χ0n) is 16.7. The van der Waals surface area contributed by atoms with E-state index in [1.807, 2.05) is 19.9 Å². The van der Waals surface area contributed by atoms with E-state index in [2.05, 4.69) is 4.57 Å². The Labute approximate surface area is 164 Å². The number of carbonyl (C=O) groups excluding carboxylic acids is 2.